The first-order valence-electron chi connectivity index (χ1n) is 9.98. The van der Waals surface area contributed by atoms with E-state index in [1.165, 1.54) is 5.56 Å². The number of aliphatic hydroxyl groups is 1. The Hall–Kier alpha value is -2.57. The molecule has 6 nitrogen and oxygen atoms in total. The van der Waals surface area contributed by atoms with Crippen LogP contribution >= 0.6 is 0 Å². The van der Waals surface area contributed by atoms with Crippen LogP contribution in [-0.2, 0) is 5.60 Å². The van der Waals surface area contributed by atoms with Crippen LogP contribution in [0.3, 0.4) is 0 Å². The average Bonchev–Trinajstić information content (AvgIpc) is 2.73. The van der Waals surface area contributed by atoms with Gasteiger partial charge in [0.15, 0.2) is 5.96 Å². The van der Waals surface area contributed by atoms with Gasteiger partial charge >= 0.3 is 0 Å². The number of ether oxygens (including phenoxy) is 1. The number of hydrogen-bond acceptors (Lipinski definition) is 4. The van der Waals surface area contributed by atoms with Gasteiger partial charge in [-0.15, -0.1) is 0 Å². The predicted octanol–water partition coefficient (Wildman–Crippen LogP) is 2.76. The highest BCUT2D eigenvalue weighted by Gasteiger charge is 2.23. The van der Waals surface area contributed by atoms with E-state index in [4.69, 9.17) is 4.74 Å². The van der Waals surface area contributed by atoms with Crippen molar-refractivity contribution in [2.75, 3.05) is 40.8 Å². The molecule has 2 aromatic rings. The summed E-state index contributed by atoms with van der Waals surface area (Å²) in [6.45, 7) is 5.50. The minimum Gasteiger partial charge on any atom is -0.497 e. The molecule has 2 rings (SSSR count). The number of guanidine groups is 1. The van der Waals surface area contributed by atoms with Crippen molar-refractivity contribution in [1.82, 2.24) is 15.5 Å². The van der Waals surface area contributed by atoms with Crippen molar-refractivity contribution >= 4 is 5.96 Å². The maximum atomic E-state index is 10.8. The second-order valence-corrected chi connectivity index (χ2v) is 7.47. The molecule has 0 aliphatic heterocycles. The highest BCUT2D eigenvalue weighted by molar-refractivity contribution is 5.79. The summed E-state index contributed by atoms with van der Waals surface area (Å²) in [6.07, 6.45) is 0. The summed E-state index contributed by atoms with van der Waals surface area (Å²) in [7, 11) is 5.78. The number of likely N-dealkylation sites (N-methyl/N-ethyl adjacent to an activating group) is 1. The van der Waals surface area contributed by atoms with Gasteiger partial charge in [-0.05, 0) is 51.2 Å². The molecule has 6 heteroatoms. The fourth-order valence-corrected chi connectivity index (χ4v) is 3.08. The molecule has 2 unspecified atom stereocenters. The van der Waals surface area contributed by atoms with E-state index in [1.54, 1.807) is 14.0 Å². The zero-order valence-electron chi connectivity index (χ0n) is 18.1. The Morgan fingerprint density at radius 1 is 1.10 bits per heavy atom. The van der Waals surface area contributed by atoms with Crippen LogP contribution in [0.4, 0.5) is 0 Å². The molecule has 0 aliphatic rings. The van der Waals surface area contributed by atoms with Crippen molar-refractivity contribution in [2.24, 2.45) is 4.99 Å². The van der Waals surface area contributed by atoms with Crippen LogP contribution in [0.5, 0.6) is 5.75 Å². The number of nitrogens with zero attached hydrogens (tertiary/aromatic N) is 2. The standard InChI is InChI=1S/C23H34N4O2/c1-6-24-22(26-17-23(2,28)19-10-8-7-9-11-19)25-16-21(27(3)4)18-12-14-20(29-5)15-13-18/h7-15,21,28H,6,16-17H2,1-5H3,(H2,24,25,26). The molecule has 3 N–H and O–H groups in total. The zero-order valence-corrected chi connectivity index (χ0v) is 18.1. The lowest BCUT2D eigenvalue weighted by molar-refractivity contribution is 0.0672. The number of nitrogens with one attached hydrogen (secondary N) is 2. The lowest BCUT2D eigenvalue weighted by Gasteiger charge is -2.27. The average molecular weight is 399 g/mol. The summed E-state index contributed by atoms with van der Waals surface area (Å²) in [5.74, 6) is 1.53. The molecule has 2 atom stereocenters. The van der Waals surface area contributed by atoms with E-state index in [2.05, 4.69) is 46.8 Å². The third kappa shape index (κ3) is 6.76. The van der Waals surface area contributed by atoms with Gasteiger partial charge < -0.3 is 25.4 Å². The summed E-state index contributed by atoms with van der Waals surface area (Å²) in [6, 6.07) is 17.9. The van der Waals surface area contributed by atoms with Crippen LogP contribution in [0.15, 0.2) is 59.6 Å². The molecule has 0 saturated heterocycles. The third-order valence-corrected chi connectivity index (χ3v) is 4.87. The predicted molar refractivity (Wildman–Crippen MR) is 119 cm³/mol. The summed E-state index contributed by atoms with van der Waals surface area (Å²) in [5.41, 5.74) is 1.01. The van der Waals surface area contributed by atoms with Gasteiger partial charge in [-0.1, -0.05) is 42.5 Å². The Balaban J connectivity index is 2.08. The minimum atomic E-state index is -1.03. The number of benzene rings is 2. The van der Waals surface area contributed by atoms with Crippen molar-refractivity contribution in [3.05, 3.63) is 65.7 Å². The summed E-state index contributed by atoms with van der Waals surface area (Å²) < 4.78 is 5.26. The van der Waals surface area contributed by atoms with Crippen LogP contribution in [0, 0.1) is 0 Å². The number of hydrogen-bond donors (Lipinski definition) is 3. The van der Waals surface area contributed by atoms with E-state index in [9.17, 15) is 5.11 Å². The van der Waals surface area contributed by atoms with E-state index in [-0.39, 0.29) is 12.6 Å². The quantitative estimate of drug-likeness (QED) is 0.448. The fourth-order valence-electron chi connectivity index (χ4n) is 3.08. The molecule has 29 heavy (non-hydrogen) atoms. The van der Waals surface area contributed by atoms with Gasteiger partial charge in [0, 0.05) is 13.1 Å². The summed E-state index contributed by atoms with van der Waals surface area (Å²) in [4.78, 5) is 6.78. The lowest BCUT2D eigenvalue weighted by atomic mass is 9.96. The van der Waals surface area contributed by atoms with Crippen LogP contribution < -0.4 is 15.4 Å². The number of methoxy groups -OCH3 is 1. The molecular formula is C23H34N4O2. The summed E-state index contributed by atoms with van der Waals surface area (Å²) in [5, 5.41) is 17.5. The van der Waals surface area contributed by atoms with E-state index in [1.807, 2.05) is 49.4 Å². The van der Waals surface area contributed by atoms with E-state index >= 15 is 0 Å². The van der Waals surface area contributed by atoms with Gasteiger partial charge in [0.05, 0.1) is 19.7 Å². The molecule has 0 fully saturated rings. The van der Waals surface area contributed by atoms with E-state index in [0.717, 1.165) is 17.9 Å². The lowest BCUT2D eigenvalue weighted by Crippen LogP contribution is -2.42. The molecule has 0 aliphatic carbocycles. The first-order chi connectivity index (χ1) is 13.9. The number of rotatable bonds is 9. The Labute approximate surface area is 174 Å². The van der Waals surface area contributed by atoms with Crippen LogP contribution in [0.1, 0.15) is 31.0 Å². The Morgan fingerprint density at radius 2 is 1.76 bits per heavy atom. The van der Waals surface area contributed by atoms with Gasteiger partial charge in [0.1, 0.15) is 11.4 Å². The van der Waals surface area contributed by atoms with E-state index in [0.29, 0.717) is 12.5 Å². The normalized spacial score (nSPS) is 14.9. The molecular weight excluding hydrogens is 364 g/mol. The minimum absolute atomic E-state index is 0.166. The second kappa shape index (κ2) is 10.8. The molecule has 0 amide bonds. The van der Waals surface area contributed by atoms with Gasteiger partial charge in [-0.25, -0.2) is 4.99 Å². The smallest absolute Gasteiger partial charge is 0.191 e. The fraction of sp³-hybridized carbons (Fsp3) is 0.435. The maximum Gasteiger partial charge on any atom is 0.191 e. The third-order valence-electron chi connectivity index (χ3n) is 4.87. The Morgan fingerprint density at radius 3 is 2.31 bits per heavy atom. The van der Waals surface area contributed by atoms with Crippen molar-refractivity contribution < 1.29 is 9.84 Å². The van der Waals surface area contributed by atoms with Gasteiger partial charge in [0.2, 0.25) is 0 Å². The van der Waals surface area contributed by atoms with Crippen molar-refractivity contribution in [3.8, 4) is 5.75 Å². The van der Waals surface area contributed by atoms with Crippen molar-refractivity contribution in [3.63, 3.8) is 0 Å². The van der Waals surface area contributed by atoms with Gasteiger partial charge in [-0.2, -0.15) is 0 Å². The Bertz CT molecular complexity index is 758. The highest BCUT2D eigenvalue weighted by atomic mass is 16.5. The maximum absolute atomic E-state index is 10.8. The van der Waals surface area contributed by atoms with E-state index < -0.39 is 5.60 Å². The number of aliphatic imine (C=N–C) groups is 1. The zero-order chi connectivity index (χ0) is 21.3. The molecule has 0 aromatic heterocycles. The molecule has 0 spiro atoms. The molecule has 0 bridgehead atoms. The monoisotopic (exact) mass is 398 g/mol. The van der Waals surface area contributed by atoms with Crippen LogP contribution in [0.2, 0.25) is 0 Å². The second-order valence-electron chi connectivity index (χ2n) is 7.47. The van der Waals surface area contributed by atoms with Crippen molar-refractivity contribution in [1.29, 1.82) is 0 Å². The molecule has 158 valence electrons. The summed E-state index contributed by atoms with van der Waals surface area (Å²) >= 11 is 0. The van der Waals surface area contributed by atoms with Gasteiger partial charge in [-0.3, -0.25) is 0 Å². The topological polar surface area (TPSA) is 69.1 Å². The first-order valence-corrected chi connectivity index (χ1v) is 9.98. The Kier molecular flexibility index (Phi) is 8.49. The van der Waals surface area contributed by atoms with Crippen molar-refractivity contribution in [2.45, 2.75) is 25.5 Å². The molecule has 0 heterocycles. The highest BCUT2D eigenvalue weighted by Crippen LogP contribution is 2.22. The van der Waals surface area contributed by atoms with Crippen LogP contribution in [-0.4, -0.2) is 56.8 Å². The first kappa shape index (κ1) is 22.7. The largest absolute Gasteiger partial charge is 0.497 e. The molecule has 0 saturated carbocycles. The van der Waals surface area contributed by atoms with Gasteiger partial charge in [0.25, 0.3) is 0 Å². The molecule has 2 aromatic carbocycles. The molecule has 0 radical (unpaired) electrons. The van der Waals surface area contributed by atoms with Crippen LogP contribution in [0.25, 0.3) is 0 Å². The SMILES string of the molecule is CCNC(=NCC(C)(O)c1ccccc1)NCC(c1ccc(OC)cc1)N(C)C.